The van der Waals surface area contributed by atoms with E-state index in [1.165, 1.54) is 0 Å². The first-order valence-electron chi connectivity index (χ1n) is 11.0. The van der Waals surface area contributed by atoms with Crippen LogP contribution in [0.2, 0.25) is 0 Å². The number of hydrogen-bond donors (Lipinski definition) is 2. The van der Waals surface area contributed by atoms with Crippen molar-refractivity contribution >= 4 is 28.0 Å². The van der Waals surface area contributed by atoms with Gasteiger partial charge in [-0.1, -0.05) is 0 Å². The number of hydrogen-bond acceptors (Lipinski definition) is 10. The number of ether oxygens (including phenoxy) is 4. The smallest absolute Gasteiger partial charge is 0.327 e. The maximum atomic E-state index is 12.7. The summed E-state index contributed by atoms with van der Waals surface area (Å²) in [5.41, 5.74) is 0. The number of aliphatic hydroxyl groups is 1. The second-order valence-corrected chi connectivity index (χ2v) is 11.6. The molecular weight excluding hydrogens is 448 g/mol. The maximum absolute atomic E-state index is 12.7. The van der Waals surface area contributed by atoms with E-state index >= 15 is 0 Å². The molecule has 11 nitrogen and oxygen atoms in total. The Morgan fingerprint density at radius 1 is 1.00 bits per heavy atom. The summed E-state index contributed by atoms with van der Waals surface area (Å²) in [6.45, 7) is 0. The Balaban J connectivity index is 1.12. The van der Waals surface area contributed by atoms with Gasteiger partial charge >= 0.3 is 17.9 Å². The molecule has 4 saturated carbocycles. The fourth-order valence-corrected chi connectivity index (χ4v) is 7.82. The zero-order valence-electron chi connectivity index (χ0n) is 16.9. The monoisotopic (exact) mass is 472 g/mol. The van der Waals surface area contributed by atoms with Crippen molar-refractivity contribution < 1.29 is 51.4 Å². The molecule has 0 amide bonds. The van der Waals surface area contributed by atoms with Crippen LogP contribution in [-0.2, 0) is 43.4 Å². The van der Waals surface area contributed by atoms with Gasteiger partial charge in [-0.2, -0.15) is 8.42 Å². The molecule has 4 aliphatic carbocycles. The Morgan fingerprint density at radius 3 is 2.41 bits per heavy atom. The third-order valence-electron chi connectivity index (χ3n) is 8.48. The predicted molar refractivity (Wildman–Crippen MR) is 99.9 cm³/mol. The van der Waals surface area contributed by atoms with Crippen LogP contribution in [0, 0.1) is 35.5 Å². The lowest BCUT2D eigenvalue weighted by atomic mass is 9.87. The molecule has 0 aromatic heterocycles. The van der Waals surface area contributed by atoms with Crippen LogP contribution in [0.25, 0.3) is 0 Å². The topological polar surface area (TPSA) is 163 Å². The van der Waals surface area contributed by atoms with E-state index in [4.69, 9.17) is 18.9 Å². The molecule has 6 aliphatic rings. The molecular formula is C20H24O11S. The fraction of sp³-hybridized carbons (Fsp3) is 0.850. The highest BCUT2D eigenvalue weighted by molar-refractivity contribution is 7.87. The van der Waals surface area contributed by atoms with Crippen molar-refractivity contribution in [2.45, 2.75) is 68.1 Å². The Hall–Kier alpha value is -1.76. The Bertz CT molecular complexity index is 978. The van der Waals surface area contributed by atoms with Crippen LogP contribution in [0.3, 0.4) is 0 Å². The first-order valence-corrected chi connectivity index (χ1v) is 12.5. The van der Waals surface area contributed by atoms with Gasteiger partial charge in [-0.25, -0.2) is 0 Å². The highest BCUT2D eigenvalue weighted by Crippen LogP contribution is 2.57. The quantitative estimate of drug-likeness (QED) is 0.289. The van der Waals surface area contributed by atoms with E-state index in [1.807, 2.05) is 0 Å². The van der Waals surface area contributed by atoms with Crippen molar-refractivity contribution in [2.24, 2.45) is 35.5 Å². The van der Waals surface area contributed by atoms with Gasteiger partial charge < -0.3 is 24.1 Å². The first kappa shape index (κ1) is 20.8. The summed E-state index contributed by atoms with van der Waals surface area (Å²) >= 11 is 0. The van der Waals surface area contributed by atoms with Crippen molar-refractivity contribution in [1.29, 1.82) is 0 Å². The second kappa shape index (κ2) is 6.87. The summed E-state index contributed by atoms with van der Waals surface area (Å²) in [5, 5.41) is 7.81. The number of aliphatic hydroxyl groups excluding tert-OH is 1. The molecule has 0 aromatic carbocycles. The molecule has 2 saturated heterocycles. The molecule has 12 atom stereocenters. The van der Waals surface area contributed by atoms with Crippen LogP contribution in [0.1, 0.15) is 32.1 Å². The SMILES string of the molecule is O=C(CC(C(=O)OC1C2CC3C(=O)OC1C3C2)S(=O)(=O)O)OC1C2CC3C(O)OC1C3C2. The van der Waals surface area contributed by atoms with E-state index in [-0.39, 0.29) is 41.5 Å². The summed E-state index contributed by atoms with van der Waals surface area (Å²) in [6.07, 6.45) is -1.72. The number of carbonyl (C=O) groups excluding carboxylic acids is 3. The van der Waals surface area contributed by atoms with Crippen LogP contribution in [0.5, 0.6) is 0 Å². The molecule has 6 rings (SSSR count). The van der Waals surface area contributed by atoms with Crippen LogP contribution in [0.15, 0.2) is 0 Å². The number of fused-ring (bicyclic) bond motifs is 2. The summed E-state index contributed by atoms with van der Waals surface area (Å²) in [4.78, 5) is 37.1. The molecule has 0 spiro atoms. The van der Waals surface area contributed by atoms with E-state index in [9.17, 15) is 32.5 Å². The van der Waals surface area contributed by atoms with Crippen LogP contribution >= 0.6 is 0 Å². The average molecular weight is 472 g/mol. The number of esters is 3. The minimum atomic E-state index is -4.96. The third-order valence-corrected chi connectivity index (χ3v) is 9.56. The molecule has 2 heterocycles. The summed E-state index contributed by atoms with van der Waals surface area (Å²) < 4.78 is 55.0. The standard InChI is InChI=1S/C20H24O11S/c21-13(28-14-6-1-8-10(3-6)18(22)30-16(8)14)5-12(32(25,26)27)20(24)29-15-7-2-9-11(4-7)19(23)31-17(9)15/h6-12,14-18,22H,1-5H2,(H,25,26,27). The van der Waals surface area contributed by atoms with Gasteiger partial charge in [0.1, 0.15) is 24.4 Å². The Morgan fingerprint density at radius 2 is 1.66 bits per heavy atom. The van der Waals surface area contributed by atoms with E-state index < -0.39 is 64.4 Å². The van der Waals surface area contributed by atoms with Crippen LogP contribution < -0.4 is 0 Å². The number of carbonyl (C=O) groups is 3. The highest BCUT2D eigenvalue weighted by Gasteiger charge is 2.64. The lowest BCUT2D eigenvalue weighted by Crippen LogP contribution is -2.43. The van der Waals surface area contributed by atoms with Gasteiger partial charge in [-0.3, -0.25) is 18.9 Å². The minimum Gasteiger partial charge on any atom is -0.459 e. The first-order chi connectivity index (χ1) is 15.1. The minimum absolute atomic E-state index is 0.00581. The zero-order chi connectivity index (χ0) is 22.5. The van der Waals surface area contributed by atoms with Gasteiger partial charge in [-0.05, 0) is 37.5 Å². The van der Waals surface area contributed by atoms with Gasteiger partial charge in [0.2, 0.25) is 0 Å². The van der Waals surface area contributed by atoms with E-state index in [0.29, 0.717) is 19.3 Å². The van der Waals surface area contributed by atoms with Crippen molar-refractivity contribution in [3.05, 3.63) is 0 Å². The molecule has 12 heteroatoms. The fourth-order valence-electron chi connectivity index (χ4n) is 7.17. The molecule has 2 N–H and O–H groups in total. The van der Waals surface area contributed by atoms with E-state index in [2.05, 4.69) is 0 Å². The zero-order valence-corrected chi connectivity index (χ0v) is 17.8. The summed E-state index contributed by atoms with van der Waals surface area (Å²) in [6, 6.07) is 0. The molecule has 6 fully saturated rings. The average Bonchev–Trinajstić information content (AvgIpc) is 3.49. The van der Waals surface area contributed by atoms with E-state index in [1.54, 1.807) is 0 Å². The third kappa shape index (κ3) is 2.95. The lowest BCUT2D eigenvalue weighted by molar-refractivity contribution is -0.168. The molecule has 2 aliphatic heterocycles. The summed E-state index contributed by atoms with van der Waals surface area (Å²) in [7, 11) is -4.96. The molecule has 0 aromatic rings. The highest BCUT2D eigenvalue weighted by atomic mass is 32.2. The maximum Gasteiger partial charge on any atom is 0.327 e. The second-order valence-electron chi connectivity index (χ2n) is 10.0. The normalized spacial score (nSPS) is 48.2. The number of rotatable bonds is 6. The molecule has 32 heavy (non-hydrogen) atoms. The lowest BCUT2D eigenvalue weighted by Gasteiger charge is -2.28. The van der Waals surface area contributed by atoms with Crippen LogP contribution in [0.4, 0.5) is 0 Å². The van der Waals surface area contributed by atoms with Gasteiger partial charge in [0.15, 0.2) is 11.5 Å². The molecule has 12 unspecified atom stereocenters. The molecule has 4 bridgehead atoms. The molecule has 0 radical (unpaired) electrons. The van der Waals surface area contributed by atoms with Gasteiger partial charge in [0.05, 0.1) is 12.3 Å². The van der Waals surface area contributed by atoms with Crippen molar-refractivity contribution in [3.63, 3.8) is 0 Å². The van der Waals surface area contributed by atoms with Crippen molar-refractivity contribution in [1.82, 2.24) is 0 Å². The van der Waals surface area contributed by atoms with Crippen LogP contribution in [-0.4, -0.2) is 71.9 Å². The van der Waals surface area contributed by atoms with E-state index in [0.717, 1.165) is 6.42 Å². The van der Waals surface area contributed by atoms with Crippen molar-refractivity contribution in [2.75, 3.05) is 0 Å². The van der Waals surface area contributed by atoms with Gasteiger partial charge in [0.25, 0.3) is 10.1 Å². The Labute approximate surface area is 183 Å². The largest absolute Gasteiger partial charge is 0.459 e. The van der Waals surface area contributed by atoms with Gasteiger partial charge in [0, 0.05) is 17.8 Å². The summed E-state index contributed by atoms with van der Waals surface area (Å²) in [5.74, 6) is -2.82. The van der Waals surface area contributed by atoms with Crippen molar-refractivity contribution in [3.8, 4) is 0 Å². The predicted octanol–water partition coefficient (Wildman–Crippen LogP) is -0.589. The molecule has 176 valence electrons. The Kier molecular flexibility index (Phi) is 4.47. The van der Waals surface area contributed by atoms with Gasteiger partial charge in [-0.15, -0.1) is 0 Å².